The molecule has 4 nitrogen and oxygen atoms in total. The Morgan fingerprint density at radius 3 is 2.85 bits per heavy atom. The van der Waals surface area contributed by atoms with Gasteiger partial charge < -0.3 is 10.6 Å². The van der Waals surface area contributed by atoms with Crippen molar-refractivity contribution in [3.63, 3.8) is 0 Å². The molecule has 2 aliphatic rings. The van der Waals surface area contributed by atoms with Gasteiger partial charge in [0, 0.05) is 12.6 Å². The molecule has 2 fully saturated rings. The Kier molecular flexibility index (Phi) is 3.02. The summed E-state index contributed by atoms with van der Waals surface area (Å²) in [5.41, 5.74) is 5.91. The summed E-state index contributed by atoms with van der Waals surface area (Å²) in [6.07, 6.45) is 8.14. The Hall–Kier alpha value is -1.36. The summed E-state index contributed by atoms with van der Waals surface area (Å²) in [6.45, 7) is 1.11. The van der Waals surface area contributed by atoms with E-state index in [1.807, 2.05) is 0 Å². The molecule has 0 radical (unpaired) electrons. The summed E-state index contributed by atoms with van der Waals surface area (Å²) in [5.74, 6) is 2.33. The maximum atomic E-state index is 5.91. The molecule has 2 N–H and O–H groups in total. The Labute approximate surface area is 123 Å². The normalized spacial score (nSPS) is 24.0. The van der Waals surface area contributed by atoms with Crippen molar-refractivity contribution in [3.05, 3.63) is 11.4 Å². The molecule has 0 bridgehead atoms. The Balaban J connectivity index is 1.75. The second-order valence-corrected chi connectivity index (χ2v) is 6.89. The van der Waals surface area contributed by atoms with Gasteiger partial charge >= 0.3 is 0 Å². The van der Waals surface area contributed by atoms with Crippen molar-refractivity contribution >= 4 is 33.3 Å². The lowest BCUT2D eigenvalue weighted by atomic mass is 9.96. The van der Waals surface area contributed by atoms with Crippen LogP contribution in [0.3, 0.4) is 0 Å². The van der Waals surface area contributed by atoms with Crippen molar-refractivity contribution in [2.45, 2.75) is 44.6 Å². The molecule has 2 aromatic heterocycles. The van der Waals surface area contributed by atoms with Gasteiger partial charge in [-0.3, -0.25) is 0 Å². The van der Waals surface area contributed by atoms with Gasteiger partial charge in [-0.25, -0.2) is 4.98 Å². The van der Waals surface area contributed by atoms with Crippen LogP contribution in [-0.4, -0.2) is 22.6 Å². The maximum absolute atomic E-state index is 5.91. The highest BCUT2D eigenvalue weighted by molar-refractivity contribution is 7.16. The number of hydrogen-bond acceptors (Lipinski definition) is 5. The van der Waals surface area contributed by atoms with Gasteiger partial charge in [0.2, 0.25) is 5.95 Å². The first-order valence-electron chi connectivity index (χ1n) is 7.60. The van der Waals surface area contributed by atoms with E-state index < -0.39 is 0 Å². The van der Waals surface area contributed by atoms with Crippen LogP contribution in [0.1, 0.15) is 38.5 Å². The minimum atomic E-state index is 0.409. The van der Waals surface area contributed by atoms with E-state index in [0.29, 0.717) is 12.0 Å². The van der Waals surface area contributed by atoms with E-state index >= 15 is 0 Å². The van der Waals surface area contributed by atoms with Gasteiger partial charge in [-0.05, 0) is 43.0 Å². The van der Waals surface area contributed by atoms with Gasteiger partial charge in [0.25, 0.3) is 0 Å². The van der Waals surface area contributed by atoms with Crippen LogP contribution in [0.15, 0.2) is 11.4 Å². The number of aromatic nitrogens is 2. The highest BCUT2D eigenvalue weighted by Gasteiger charge is 2.34. The fraction of sp³-hybridized carbons (Fsp3) is 0.600. The zero-order valence-electron chi connectivity index (χ0n) is 11.6. The second kappa shape index (κ2) is 4.88. The van der Waals surface area contributed by atoms with Crippen molar-refractivity contribution in [1.82, 2.24) is 9.97 Å². The summed E-state index contributed by atoms with van der Waals surface area (Å²) in [5, 5.41) is 3.26. The molecule has 0 aromatic carbocycles. The van der Waals surface area contributed by atoms with Crippen LogP contribution in [0.4, 0.5) is 11.8 Å². The molecule has 106 valence electrons. The maximum Gasteiger partial charge on any atom is 0.223 e. The van der Waals surface area contributed by atoms with E-state index in [9.17, 15) is 0 Å². The van der Waals surface area contributed by atoms with Crippen molar-refractivity contribution in [1.29, 1.82) is 0 Å². The predicted octanol–water partition coefficient (Wildman–Crippen LogP) is 3.43. The fourth-order valence-electron chi connectivity index (χ4n) is 3.96. The number of anilines is 2. The number of nitrogens with two attached hydrogens (primary N) is 1. The largest absolute Gasteiger partial charge is 0.368 e. The van der Waals surface area contributed by atoms with Crippen molar-refractivity contribution in [3.8, 4) is 0 Å². The van der Waals surface area contributed by atoms with Crippen molar-refractivity contribution in [2.24, 2.45) is 5.92 Å². The fourth-order valence-corrected chi connectivity index (χ4v) is 4.73. The van der Waals surface area contributed by atoms with Crippen LogP contribution in [0.25, 0.3) is 10.2 Å². The van der Waals surface area contributed by atoms with E-state index in [1.54, 1.807) is 11.3 Å². The van der Waals surface area contributed by atoms with Gasteiger partial charge in [-0.1, -0.05) is 12.8 Å². The van der Waals surface area contributed by atoms with Crippen LogP contribution < -0.4 is 10.6 Å². The Morgan fingerprint density at radius 2 is 2.00 bits per heavy atom. The predicted molar refractivity (Wildman–Crippen MR) is 84.2 cm³/mol. The number of nitrogens with zero attached hydrogens (tertiary/aromatic N) is 3. The molecule has 20 heavy (non-hydrogen) atoms. The molecular formula is C15H20N4S. The molecule has 0 amide bonds. The van der Waals surface area contributed by atoms with Crippen LogP contribution in [0, 0.1) is 5.92 Å². The van der Waals surface area contributed by atoms with Gasteiger partial charge in [0.15, 0.2) is 0 Å². The highest BCUT2D eigenvalue weighted by Crippen LogP contribution is 2.39. The first-order valence-corrected chi connectivity index (χ1v) is 8.48. The molecule has 1 aliphatic heterocycles. The third kappa shape index (κ3) is 1.95. The van der Waals surface area contributed by atoms with Crippen molar-refractivity contribution < 1.29 is 0 Å². The molecule has 1 saturated carbocycles. The second-order valence-electron chi connectivity index (χ2n) is 5.99. The molecular weight excluding hydrogens is 268 g/mol. The smallest absolute Gasteiger partial charge is 0.223 e. The minimum Gasteiger partial charge on any atom is -0.368 e. The molecule has 2 aromatic rings. The lowest BCUT2D eigenvalue weighted by molar-refractivity contribution is 0.430. The molecule has 4 rings (SSSR count). The van der Waals surface area contributed by atoms with E-state index in [-0.39, 0.29) is 0 Å². The lowest BCUT2D eigenvalue weighted by Gasteiger charge is -2.30. The number of rotatable bonds is 2. The SMILES string of the molecule is Nc1nc(N2CCCC2C2CCCC2)c2ccsc2n1. The number of fused-ring (bicyclic) bond motifs is 1. The van der Waals surface area contributed by atoms with Crippen LogP contribution in [-0.2, 0) is 0 Å². The van der Waals surface area contributed by atoms with Gasteiger partial charge in [-0.2, -0.15) is 4.98 Å². The highest BCUT2D eigenvalue weighted by atomic mass is 32.1. The summed E-state index contributed by atoms with van der Waals surface area (Å²) in [4.78, 5) is 12.5. The molecule has 1 saturated heterocycles. The van der Waals surface area contributed by atoms with Gasteiger partial charge in [0.05, 0.1) is 5.39 Å². The van der Waals surface area contributed by atoms with Gasteiger partial charge in [0.1, 0.15) is 10.6 Å². The lowest BCUT2D eigenvalue weighted by Crippen LogP contribution is -2.35. The van der Waals surface area contributed by atoms with Gasteiger partial charge in [-0.15, -0.1) is 11.3 Å². The molecule has 1 atom stereocenters. The van der Waals surface area contributed by atoms with Crippen molar-refractivity contribution in [2.75, 3.05) is 17.2 Å². The average molecular weight is 288 g/mol. The Morgan fingerprint density at radius 1 is 1.15 bits per heavy atom. The summed E-state index contributed by atoms with van der Waals surface area (Å²) in [7, 11) is 0. The summed E-state index contributed by atoms with van der Waals surface area (Å²) >= 11 is 1.65. The topological polar surface area (TPSA) is 55.0 Å². The molecule has 0 spiro atoms. The third-order valence-corrected chi connectivity index (χ3v) is 5.64. The molecule has 1 aliphatic carbocycles. The van der Waals surface area contributed by atoms with E-state index in [1.165, 1.54) is 43.9 Å². The van der Waals surface area contributed by atoms with E-state index in [2.05, 4.69) is 26.3 Å². The Bertz CT molecular complexity index is 617. The third-order valence-electron chi connectivity index (χ3n) is 4.84. The van der Waals surface area contributed by atoms with Crippen LogP contribution >= 0.6 is 11.3 Å². The monoisotopic (exact) mass is 288 g/mol. The quantitative estimate of drug-likeness (QED) is 0.920. The molecule has 1 unspecified atom stereocenters. The van der Waals surface area contributed by atoms with E-state index in [0.717, 1.165) is 23.1 Å². The number of thiophene rings is 1. The minimum absolute atomic E-state index is 0.409. The molecule has 3 heterocycles. The number of nitrogen functional groups attached to an aromatic ring is 1. The standard InChI is InChI=1S/C15H20N4S/c16-15-17-13(11-7-9-20-14(11)18-15)19-8-3-6-12(19)10-4-1-2-5-10/h7,9-10,12H,1-6,8H2,(H2,16,17,18). The average Bonchev–Trinajstić information content (AvgIpc) is 3.17. The molecule has 5 heteroatoms. The van der Waals surface area contributed by atoms with E-state index in [4.69, 9.17) is 5.73 Å². The first-order chi connectivity index (χ1) is 9.83. The number of hydrogen-bond donors (Lipinski definition) is 1. The summed E-state index contributed by atoms with van der Waals surface area (Å²) < 4.78 is 0. The van der Waals surface area contributed by atoms with Crippen LogP contribution in [0.2, 0.25) is 0 Å². The van der Waals surface area contributed by atoms with Crippen LogP contribution in [0.5, 0.6) is 0 Å². The first kappa shape index (κ1) is 12.4. The summed E-state index contributed by atoms with van der Waals surface area (Å²) in [6, 6.07) is 2.80. The zero-order valence-corrected chi connectivity index (χ0v) is 12.4. The zero-order chi connectivity index (χ0) is 13.5.